The zero-order valence-corrected chi connectivity index (χ0v) is 17.8. The van der Waals surface area contributed by atoms with Gasteiger partial charge in [0.25, 0.3) is 0 Å². The van der Waals surface area contributed by atoms with Crippen molar-refractivity contribution in [1.29, 1.82) is 0 Å². The molecule has 0 aliphatic heterocycles. The lowest BCUT2D eigenvalue weighted by atomic mass is 10.1. The fourth-order valence-electron chi connectivity index (χ4n) is 3.07. The highest BCUT2D eigenvalue weighted by molar-refractivity contribution is 7.91. The topological polar surface area (TPSA) is 63.2 Å². The molecule has 152 valence electrons. The molecule has 3 aromatic rings. The minimum absolute atomic E-state index is 0.0442. The maximum atomic E-state index is 13.6. The van der Waals surface area contributed by atoms with E-state index in [1.807, 2.05) is 31.2 Å². The van der Waals surface area contributed by atoms with E-state index in [2.05, 4.69) is 5.32 Å². The van der Waals surface area contributed by atoms with Gasteiger partial charge in [-0.25, -0.2) is 12.8 Å². The van der Waals surface area contributed by atoms with Gasteiger partial charge in [-0.05, 0) is 54.6 Å². The Morgan fingerprint density at radius 1 is 1.10 bits per heavy atom. The molecule has 0 spiro atoms. The van der Waals surface area contributed by atoms with Crippen LogP contribution in [0.25, 0.3) is 0 Å². The molecule has 0 unspecified atom stereocenters. The Morgan fingerprint density at radius 2 is 1.90 bits per heavy atom. The third-order valence-electron chi connectivity index (χ3n) is 4.62. The average Bonchev–Trinajstić information content (AvgIpc) is 3.18. The van der Waals surface area contributed by atoms with Crippen molar-refractivity contribution in [2.75, 3.05) is 6.54 Å². The van der Waals surface area contributed by atoms with Crippen LogP contribution in [-0.4, -0.2) is 20.9 Å². The van der Waals surface area contributed by atoms with E-state index in [-0.39, 0.29) is 29.3 Å². The molecule has 0 aliphatic rings. The van der Waals surface area contributed by atoms with Crippen LogP contribution in [0.15, 0.2) is 64.9 Å². The summed E-state index contributed by atoms with van der Waals surface area (Å²) in [5.74, 6) is -0.703. The number of amides is 1. The third kappa shape index (κ3) is 5.10. The largest absolute Gasteiger partial charge is 0.354 e. The maximum Gasteiger partial charge on any atom is 0.224 e. The fraction of sp³-hybridized carbons (Fsp3) is 0.227. The Balaban J connectivity index is 1.81. The summed E-state index contributed by atoms with van der Waals surface area (Å²) < 4.78 is 40.1. The van der Waals surface area contributed by atoms with Crippen molar-refractivity contribution in [3.05, 3.63) is 87.4 Å². The number of thiophene rings is 1. The van der Waals surface area contributed by atoms with Crippen molar-refractivity contribution in [1.82, 2.24) is 5.32 Å². The summed E-state index contributed by atoms with van der Waals surface area (Å²) in [6.07, 6.45) is 0.175. The quantitative estimate of drug-likeness (QED) is 0.565. The molecule has 1 N–H and O–H groups in total. The van der Waals surface area contributed by atoms with Gasteiger partial charge in [0.1, 0.15) is 11.1 Å². The molecule has 0 radical (unpaired) electrons. The highest BCUT2D eigenvalue weighted by Crippen LogP contribution is 2.32. The molecule has 1 heterocycles. The lowest BCUT2D eigenvalue weighted by molar-refractivity contribution is -0.120. The fourth-order valence-corrected chi connectivity index (χ4v) is 5.94. The minimum Gasteiger partial charge on any atom is -0.354 e. The SMILES string of the molecule is Cc1cccc(CC(=O)NC[C@@H](c2cccs2)S(=O)(=O)c2ccc(F)c(C)c2)c1. The van der Waals surface area contributed by atoms with Crippen LogP contribution >= 0.6 is 11.3 Å². The molecule has 4 nitrogen and oxygen atoms in total. The molecule has 1 aromatic heterocycles. The van der Waals surface area contributed by atoms with E-state index in [1.54, 1.807) is 17.5 Å². The Labute approximate surface area is 174 Å². The summed E-state index contributed by atoms with van der Waals surface area (Å²) in [6.45, 7) is 3.42. The monoisotopic (exact) mass is 431 g/mol. The van der Waals surface area contributed by atoms with Gasteiger partial charge < -0.3 is 5.32 Å². The Kier molecular flexibility index (Phi) is 6.49. The molecule has 1 amide bonds. The first-order valence-electron chi connectivity index (χ1n) is 9.13. The van der Waals surface area contributed by atoms with Crippen LogP contribution in [0.5, 0.6) is 0 Å². The van der Waals surface area contributed by atoms with Crippen molar-refractivity contribution in [2.45, 2.75) is 30.4 Å². The maximum absolute atomic E-state index is 13.6. The van der Waals surface area contributed by atoms with Crippen LogP contribution in [0.4, 0.5) is 4.39 Å². The molecule has 0 saturated carbocycles. The molecule has 0 bridgehead atoms. The van der Waals surface area contributed by atoms with Crippen molar-refractivity contribution < 1.29 is 17.6 Å². The number of hydrogen-bond acceptors (Lipinski definition) is 4. The molecule has 3 rings (SSSR count). The minimum atomic E-state index is -3.81. The van der Waals surface area contributed by atoms with Crippen LogP contribution < -0.4 is 5.32 Å². The van der Waals surface area contributed by atoms with Gasteiger partial charge in [0.2, 0.25) is 5.91 Å². The third-order valence-corrected chi connectivity index (χ3v) is 7.84. The van der Waals surface area contributed by atoms with Gasteiger partial charge in [-0.1, -0.05) is 35.9 Å². The van der Waals surface area contributed by atoms with Crippen molar-refractivity contribution in [2.24, 2.45) is 0 Å². The van der Waals surface area contributed by atoms with Crippen LogP contribution in [0.3, 0.4) is 0 Å². The van der Waals surface area contributed by atoms with Crippen LogP contribution in [0.1, 0.15) is 26.8 Å². The zero-order chi connectivity index (χ0) is 21.0. The van der Waals surface area contributed by atoms with Crippen molar-refractivity contribution >= 4 is 27.1 Å². The van der Waals surface area contributed by atoms with E-state index in [9.17, 15) is 17.6 Å². The molecule has 29 heavy (non-hydrogen) atoms. The first-order chi connectivity index (χ1) is 13.8. The lowest BCUT2D eigenvalue weighted by Gasteiger charge is -2.18. The van der Waals surface area contributed by atoms with E-state index in [4.69, 9.17) is 0 Å². The second-order valence-corrected chi connectivity index (χ2v) is 10.0. The van der Waals surface area contributed by atoms with Gasteiger partial charge >= 0.3 is 0 Å². The highest BCUT2D eigenvalue weighted by Gasteiger charge is 2.30. The Hall–Kier alpha value is -2.51. The van der Waals surface area contributed by atoms with Gasteiger partial charge in [-0.15, -0.1) is 11.3 Å². The number of halogens is 1. The van der Waals surface area contributed by atoms with E-state index in [1.165, 1.54) is 30.4 Å². The molecular formula is C22H22FNO3S2. The predicted molar refractivity (Wildman–Crippen MR) is 113 cm³/mol. The second kappa shape index (κ2) is 8.88. The number of benzene rings is 2. The summed E-state index contributed by atoms with van der Waals surface area (Å²) in [4.78, 5) is 13.1. The first-order valence-corrected chi connectivity index (χ1v) is 11.6. The smallest absolute Gasteiger partial charge is 0.224 e. The van der Waals surface area contributed by atoms with E-state index < -0.39 is 20.9 Å². The Bertz CT molecular complexity index is 1110. The van der Waals surface area contributed by atoms with Gasteiger partial charge in [-0.2, -0.15) is 0 Å². The normalized spacial score (nSPS) is 12.5. The molecule has 0 fully saturated rings. The Morgan fingerprint density at radius 3 is 2.55 bits per heavy atom. The summed E-state index contributed by atoms with van der Waals surface area (Å²) >= 11 is 1.31. The molecule has 0 aliphatic carbocycles. The van der Waals surface area contributed by atoms with Gasteiger partial charge in [0.15, 0.2) is 9.84 Å². The molecule has 0 saturated heterocycles. The summed E-state index contributed by atoms with van der Waals surface area (Å²) in [6, 6.07) is 14.9. The summed E-state index contributed by atoms with van der Waals surface area (Å²) in [5, 5.41) is 3.61. The number of carbonyl (C=O) groups excluding carboxylic acids is 1. The summed E-state index contributed by atoms with van der Waals surface area (Å²) in [7, 11) is -3.81. The highest BCUT2D eigenvalue weighted by atomic mass is 32.2. The average molecular weight is 432 g/mol. The second-order valence-electron chi connectivity index (χ2n) is 6.93. The van der Waals surface area contributed by atoms with Crippen molar-refractivity contribution in [3.8, 4) is 0 Å². The van der Waals surface area contributed by atoms with Gasteiger partial charge in [0.05, 0.1) is 11.3 Å². The number of rotatable bonds is 7. The molecule has 7 heteroatoms. The standard InChI is InChI=1S/C22H22FNO3S2/c1-15-5-3-6-17(11-15)13-22(25)24-14-21(20-7-4-10-28-20)29(26,27)18-8-9-19(23)16(2)12-18/h3-12,21H,13-14H2,1-2H3,(H,24,25)/t21-/m0/s1. The van der Waals surface area contributed by atoms with Crippen molar-refractivity contribution in [3.63, 3.8) is 0 Å². The van der Waals surface area contributed by atoms with Gasteiger partial charge in [-0.3, -0.25) is 4.79 Å². The number of hydrogen-bond donors (Lipinski definition) is 1. The first kappa shape index (κ1) is 21.2. The lowest BCUT2D eigenvalue weighted by Crippen LogP contribution is -2.32. The molecule has 1 atom stereocenters. The molecule has 2 aromatic carbocycles. The number of nitrogens with one attached hydrogen (secondary N) is 1. The van der Waals surface area contributed by atoms with Gasteiger partial charge in [0, 0.05) is 11.4 Å². The summed E-state index contributed by atoms with van der Waals surface area (Å²) in [5.41, 5.74) is 2.19. The van der Waals surface area contributed by atoms with Crippen LogP contribution in [0, 0.1) is 19.7 Å². The predicted octanol–water partition coefficient (Wildman–Crippen LogP) is 4.38. The van der Waals surface area contributed by atoms with Crippen LogP contribution in [-0.2, 0) is 21.1 Å². The molecular weight excluding hydrogens is 409 g/mol. The number of sulfone groups is 1. The zero-order valence-electron chi connectivity index (χ0n) is 16.2. The van der Waals surface area contributed by atoms with E-state index in [0.717, 1.165) is 17.2 Å². The number of aryl methyl sites for hydroxylation is 2. The van der Waals surface area contributed by atoms with E-state index in [0.29, 0.717) is 4.88 Å². The number of carbonyl (C=O) groups is 1. The van der Waals surface area contributed by atoms with Crippen LogP contribution in [0.2, 0.25) is 0 Å². The van der Waals surface area contributed by atoms with E-state index >= 15 is 0 Å².